The van der Waals surface area contributed by atoms with Gasteiger partial charge in [-0.2, -0.15) is 0 Å². The highest BCUT2D eigenvalue weighted by Gasteiger charge is 2.25. The van der Waals surface area contributed by atoms with Gasteiger partial charge in [-0.1, -0.05) is 29.8 Å². The molecule has 25 heavy (non-hydrogen) atoms. The maximum atomic E-state index is 12.2. The average Bonchev–Trinajstić information content (AvgIpc) is 2.96. The molecular weight excluding hydrogens is 318 g/mol. The molecule has 0 unspecified atom stereocenters. The van der Waals surface area contributed by atoms with Crippen molar-refractivity contribution in [3.05, 3.63) is 64.9 Å². The van der Waals surface area contributed by atoms with E-state index in [-0.39, 0.29) is 5.70 Å². The minimum absolute atomic E-state index is 0.225. The second kappa shape index (κ2) is 7.21. The van der Waals surface area contributed by atoms with Crippen LogP contribution in [-0.4, -0.2) is 25.6 Å². The number of hydrogen-bond acceptors (Lipinski definition) is 5. The van der Waals surface area contributed by atoms with Crippen molar-refractivity contribution in [2.45, 2.75) is 13.8 Å². The van der Waals surface area contributed by atoms with Crippen molar-refractivity contribution in [2.75, 3.05) is 13.7 Å². The van der Waals surface area contributed by atoms with Gasteiger partial charge < -0.3 is 14.2 Å². The molecule has 0 fully saturated rings. The predicted octanol–water partition coefficient (Wildman–Crippen LogP) is 3.75. The van der Waals surface area contributed by atoms with Crippen molar-refractivity contribution in [1.82, 2.24) is 0 Å². The van der Waals surface area contributed by atoms with Gasteiger partial charge >= 0.3 is 5.97 Å². The summed E-state index contributed by atoms with van der Waals surface area (Å²) < 4.78 is 16.3. The highest BCUT2D eigenvalue weighted by atomic mass is 16.6. The molecule has 0 N–H and O–H groups in total. The molecule has 5 heteroatoms. The van der Waals surface area contributed by atoms with Crippen LogP contribution in [-0.2, 0) is 9.53 Å². The third-order valence-corrected chi connectivity index (χ3v) is 3.69. The number of aryl methyl sites for hydroxylation is 1. The van der Waals surface area contributed by atoms with Crippen LogP contribution in [0.2, 0.25) is 0 Å². The Morgan fingerprint density at radius 3 is 2.72 bits per heavy atom. The van der Waals surface area contributed by atoms with E-state index in [1.807, 2.05) is 56.3 Å². The molecule has 1 aliphatic rings. The van der Waals surface area contributed by atoms with Crippen LogP contribution in [0.25, 0.3) is 6.08 Å². The first-order valence-corrected chi connectivity index (χ1v) is 8.01. The van der Waals surface area contributed by atoms with Crippen LogP contribution in [0.15, 0.2) is 53.2 Å². The predicted molar refractivity (Wildman–Crippen MR) is 95.9 cm³/mol. The van der Waals surface area contributed by atoms with Crippen LogP contribution in [0.1, 0.15) is 23.6 Å². The second-order valence-electron chi connectivity index (χ2n) is 5.52. The quantitative estimate of drug-likeness (QED) is 0.616. The van der Waals surface area contributed by atoms with Gasteiger partial charge in [-0.05, 0) is 38.1 Å². The molecule has 1 aliphatic heterocycles. The van der Waals surface area contributed by atoms with Crippen LogP contribution < -0.4 is 9.47 Å². The van der Waals surface area contributed by atoms with Gasteiger partial charge in [0.25, 0.3) is 0 Å². The van der Waals surface area contributed by atoms with Gasteiger partial charge in [-0.3, -0.25) is 0 Å². The second-order valence-corrected chi connectivity index (χ2v) is 5.52. The Kier molecular flexibility index (Phi) is 4.84. The number of esters is 1. The summed E-state index contributed by atoms with van der Waals surface area (Å²) in [7, 11) is 1.56. The van der Waals surface area contributed by atoms with Crippen LogP contribution in [0.3, 0.4) is 0 Å². The summed E-state index contributed by atoms with van der Waals surface area (Å²) in [4.78, 5) is 16.5. The molecule has 0 aromatic heterocycles. The van der Waals surface area contributed by atoms with Crippen molar-refractivity contribution in [3.63, 3.8) is 0 Å². The summed E-state index contributed by atoms with van der Waals surface area (Å²) in [5, 5.41) is 0. The SMILES string of the molecule is CCOc1cccc(C=C2N=C(c3cccc(C)c3)OC2=O)c1OC. The number of cyclic esters (lactones) is 1. The Bertz CT molecular complexity index is 868. The van der Waals surface area contributed by atoms with Crippen molar-refractivity contribution in [2.24, 2.45) is 4.99 Å². The zero-order chi connectivity index (χ0) is 17.8. The maximum Gasteiger partial charge on any atom is 0.363 e. The van der Waals surface area contributed by atoms with Crippen LogP contribution >= 0.6 is 0 Å². The van der Waals surface area contributed by atoms with Crippen LogP contribution in [0, 0.1) is 6.92 Å². The maximum absolute atomic E-state index is 12.2. The third kappa shape index (κ3) is 3.55. The lowest BCUT2D eigenvalue weighted by atomic mass is 10.1. The molecule has 0 radical (unpaired) electrons. The summed E-state index contributed by atoms with van der Waals surface area (Å²) in [5.41, 5.74) is 2.77. The fourth-order valence-corrected chi connectivity index (χ4v) is 2.59. The van der Waals surface area contributed by atoms with E-state index in [4.69, 9.17) is 14.2 Å². The third-order valence-electron chi connectivity index (χ3n) is 3.69. The fraction of sp³-hybridized carbons (Fsp3) is 0.200. The molecule has 0 aliphatic carbocycles. The fourth-order valence-electron chi connectivity index (χ4n) is 2.59. The van der Waals surface area contributed by atoms with E-state index in [2.05, 4.69) is 4.99 Å². The van der Waals surface area contributed by atoms with E-state index in [1.54, 1.807) is 13.2 Å². The highest BCUT2D eigenvalue weighted by Crippen LogP contribution is 2.33. The van der Waals surface area contributed by atoms with Gasteiger partial charge in [0.15, 0.2) is 17.2 Å². The molecule has 128 valence electrons. The van der Waals surface area contributed by atoms with Crippen molar-refractivity contribution in [1.29, 1.82) is 0 Å². The van der Waals surface area contributed by atoms with Crippen LogP contribution in [0.4, 0.5) is 0 Å². The van der Waals surface area contributed by atoms with Gasteiger partial charge in [0, 0.05) is 11.1 Å². The number of methoxy groups -OCH3 is 1. The van der Waals surface area contributed by atoms with Gasteiger partial charge in [0.05, 0.1) is 13.7 Å². The molecule has 2 aromatic carbocycles. The van der Waals surface area contributed by atoms with E-state index in [9.17, 15) is 4.79 Å². The Balaban J connectivity index is 1.99. The van der Waals surface area contributed by atoms with E-state index in [1.165, 1.54) is 0 Å². The number of benzene rings is 2. The number of nitrogens with zero attached hydrogens (tertiary/aromatic N) is 1. The molecule has 0 spiro atoms. The molecule has 3 rings (SSSR count). The first-order chi connectivity index (χ1) is 12.1. The van der Waals surface area contributed by atoms with E-state index < -0.39 is 5.97 Å². The Morgan fingerprint density at radius 1 is 1.20 bits per heavy atom. The topological polar surface area (TPSA) is 57.1 Å². The Morgan fingerprint density at radius 2 is 2.00 bits per heavy atom. The highest BCUT2D eigenvalue weighted by molar-refractivity contribution is 6.13. The van der Waals surface area contributed by atoms with Gasteiger partial charge in [0.1, 0.15) is 0 Å². The van der Waals surface area contributed by atoms with Gasteiger partial charge in [-0.25, -0.2) is 9.79 Å². The lowest BCUT2D eigenvalue weighted by molar-refractivity contribution is -0.129. The summed E-state index contributed by atoms with van der Waals surface area (Å²) in [5.74, 6) is 0.998. The van der Waals surface area contributed by atoms with Gasteiger partial charge in [0.2, 0.25) is 5.90 Å². The first-order valence-electron chi connectivity index (χ1n) is 8.01. The summed E-state index contributed by atoms with van der Waals surface area (Å²) in [6.07, 6.45) is 1.65. The lowest BCUT2D eigenvalue weighted by Crippen LogP contribution is -2.05. The lowest BCUT2D eigenvalue weighted by Gasteiger charge is -2.11. The minimum Gasteiger partial charge on any atom is -0.492 e. The molecule has 0 amide bonds. The molecule has 1 heterocycles. The molecule has 0 saturated heterocycles. The largest absolute Gasteiger partial charge is 0.492 e. The zero-order valence-corrected chi connectivity index (χ0v) is 14.4. The number of aliphatic imine (C=N–C) groups is 1. The van der Waals surface area contributed by atoms with Crippen molar-refractivity contribution >= 4 is 17.9 Å². The number of carbonyl (C=O) groups is 1. The molecule has 0 atom stereocenters. The standard InChI is InChI=1S/C20H19NO4/c1-4-24-17-10-6-8-14(18(17)23-3)12-16-20(22)25-19(21-16)15-9-5-7-13(2)11-15/h5-12H,4H2,1-3H3. The average molecular weight is 337 g/mol. The van der Waals surface area contributed by atoms with Crippen LogP contribution in [0.5, 0.6) is 11.5 Å². The molecule has 2 aromatic rings. The Hall–Kier alpha value is -3.08. The van der Waals surface area contributed by atoms with Gasteiger partial charge in [-0.15, -0.1) is 0 Å². The molecule has 0 saturated carbocycles. The van der Waals surface area contributed by atoms with E-state index >= 15 is 0 Å². The summed E-state index contributed by atoms with van der Waals surface area (Å²) >= 11 is 0. The summed E-state index contributed by atoms with van der Waals surface area (Å²) in [6.45, 7) is 4.40. The molecule has 5 nitrogen and oxygen atoms in total. The molecular formula is C20H19NO4. The smallest absolute Gasteiger partial charge is 0.363 e. The monoisotopic (exact) mass is 337 g/mol. The number of para-hydroxylation sites is 1. The zero-order valence-electron chi connectivity index (χ0n) is 14.4. The number of ether oxygens (including phenoxy) is 3. The van der Waals surface area contributed by atoms with Crippen molar-refractivity contribution in [3.8, 4) is 11.5 Å². The first kappa shape index (κ1) is 16.8. The Labute approximate surface area is 146 Å². The number of rotatable bonds is 5. The number of hydrogen-bond donors (Lipinski definition) is 0. The normalized spacial score (nSPS) is 15.1. The summed E-state index contributed by atoms with van der Waals surface area (Å²) in [6, 6.07) is 13.1. The van der Waals surface area contributed by atoms with E-state index in [0.29, 0.717) is 29.6 Å². The van der Waals surface area contributed by atoms with Crippen molar-refractivity contribution < 1.29 is 19.0 Å². The number of carbonyl (C=O) groups excluding carboxylic acids is 1. The molecule has 0 bridgehead atoms. The minimum atomic E-state index is -0.486. The van der Waals surface area contributed by atoms with E-state index in [0.717, 1.165) is 11.1 Å².